The molecule has 0 saturated carbocycles. The van der Waals surface area contributed by atoms with Gasteiger partial charge < -0.3 is 0 Å². The van der Waals surface area contributed by atoms with Crippen LogP contribution in [-0.2, 0) is 0 Å². The first-order valence-corrected chi connectivity index (χ1v) is 38.5. The summed E-state index contributed by atoms with van der Waals surface area (Å²) < 4.78 is 18.6. The standard InChI is InChI=1S/C53H33N5S.C47H29N5S/c1-4-13-34(14-5-1)37-19-10-22-41(29-37)47-33-48(56-53(55-47)43-24-12-20-38(31-43)35-15-6-2-7-16-35)42-23-11-21-39(30-42)40-25-26-44-49(32-40)54-51(36-17-8-3-9-18-36)45-27-28-46-52(50(44)45)58-59-57-46;1-4-12-30(13-5-1)33-18-11-21-37(27-33)47-49-41(31-14-6-2-7-15-31)29-42(50-47)36-20-10-19-34(26-36)35-22-23-38-43(28-35)48-45(32-16-8-3-9-17-32)39-24-25-40-46(44(38)39)52-53-51-40/h1-33H;1-29H. The highest BCUT2D eigenvalue weighted by Crippen LogP contribution is 2.43. The van der Waals surface area contributed by atoms with E-state index in [1.54, 1.807) is 0 Å². The molecule has 0 aliphatic rings. The molecule has 12 heteroatoms. The summed E-state index contributed by atoms with van der Waals surface area (Å²) in [5, 5.41) is 6.41. The second-order valence-corrected chi connectivity index (χ2v) is 28.7. The molecule has 112 heavy (non-hydrogen) atoms. The van der Waals surface area contributed by atoms with Gasteiger partial charge in [0.15, 0.2) is 11.6 Å². The molecule has 0 aliphatic carbocycles. The summed E-state index contributed by atoms with van der Waals surface area (Å²) in [6, 6.07) is 131. The second-order valence-electron chi connectivity index (χ2n) is 27.6. The summed E-state index contributed by atoms with van der Waals surface area (Å²) in [6.07, 6.45) is 0. The van der Waals surface area contributed by atoms with Gasteiger partial charge in [-0.3, -0.25) is 0 Å². The van der Waals surface area contributed by atoms with Crippen LogP contribution in [0.2, 0.25) is 0 Å². The summed E-state index contributed by atoms with van der Waals surface area (Å²) in [6.45, 7) is 0. The number of pyridine rings is 2. The molecule has 0 fully saturated rings. The number of hydrogen-bond donors (Lipinski definition) is 0. The van der Waals surface area contributed by atoms with Gasteiger partial charge in [-0.2, -0.15) is 17.5 Å². The fourth-order valence-corrected chi connectivity index (χ4v) is 16.2. The van der Waals surface area contributed by atoms with Crippen molar-refractivity contribution in [3.63, 3.8) is 0 Å². The Hall–Kier alpha value is -14.6. The molecule has 6 aromatic heterocycles. The third kappa shape index (κ3) is 13.0. The molecule has 0 amide bonds. The Morgan fingerprint density at radius 2 is 0.429 bits per heavy atom. The average Bonchev–Trinajstić information content (AvgIpc) is 1.39. The summed E-state index contributed by atoms with van der Waals surface area (Å²) in [7, 11) is 0. The number of fused-ring (bicyclic) bond motifs is 10. The Balaban J connectivity index is 0.000000147. The maximum Gasteiger partial charge on any atom is 0.160 e. The maximum absolute atomic E-state index is 5.31. The van der Waals surface area contributed by atoms with Crippen LogP contribution in [-0.4, -0.2) is 47.4 Å². The lowest BCUT2D eigenvalue weighted by Gasteiger charge is -2.13. The predicted molar refractivity (Wildman–Crippen MR) is 462 cm³/mol. The molecule has 0 N–H and O–H groups in total. The molecule has 10 nitrogen and oxygen atoms in total. The topological polar surface area (TPSA) is 129 Å². The number of rotatable bonds is 13. The third-order valence-electron chi connectivity index (χ3n) is 20.7. The molecule has 0 radical (unpaired) electrons. The molecule has 15 aromatic carbocycles. The van der Waals surface area contributed by atoms with Gasteiger partial charge >= 0.3 is 0 Å². The van der Waals surface area contributed by atoms with E-state index in [0.29, 0.717) is 11.6 Å². The molecule has 0 saturated heterocycles. The zero-order chi connectivity index (χ0) is 74.3. The minimum absolute atomic E-state index is 0.670. The van der Waals surface area contributed by atoms with Crippen molar-refractivity contribution >= 4 is 88.9 Å². The summed E-state index contributed by atoms with van der Waals surface area (Å²) in [5.74, 6) is 1.35. The molecule has 0 aliphatic heterocycles. The number of aromatic nitrogens is 10. The Labute approximate surface area is 653 Å². The first-order valence-electron chi connectivity index (χ1n) is 37.1. The maximum atomic E-state index is 5.31. The van der Waals surface area contributed by atoms with Crippen molar-refractivity contribution in [3.8, 4) is 146 Å². The van der Waals surface area contributed by atoms with E-state index in [1.807, 2.05) is 60.7 Å². The van der Waals surface area contributed by atoms with Gasteiger partial charge in [-0.25, -0.2) is 29.9 Å². The van der Waals surface area contributed by atoms with Crippen molar-refractivity contribution in [2.24, 2.45) is 0 Å². The van der Waals surface area contributed by atoms with Gasteiger partial charge in [0, 0.05) is 76.8 Å². The zero-order valence-corrected chi connectivity index (χ0v) is 61.7. The molecule has 21 rings (SSSR count). The largest absolute Gasteiger partial charge is 0.247 e. The molecule has 0 unspecified atom stereocenters. The van der Waals surface area contributed by atoms with Crippen molar-refractivity contribution < 1.29 is 0 Å². The van der Waals surface area contributed by atoms with Gasteiger partial charge in [0.1, 0.15) is 22.1 Å². The Kier molecular flexibility index (Phi) is 17.4. The van der Waals surface area contributed by atoms with Crippen LogP contribution in [0.15, 0.2) is 376 Å². The van der Waals surface area contributed by atoms with Crippen molar-refractivity contribution in [2.75, 3.05) is 0 Å². The van der Waals surface area contributed by atoms with Crippen molar-refractivity contribution in [3.05, 3.63) is 376 Å². The van der Waals surface area contributed by atoms with Gasteiger partial charge in [-0.05, 0) is 134 Å². The zero-order valence-electron chi connectivity index (χ0n) is 60.1. The molecular weight excluding hydrogens is 1410 g/mol. The first kappa shape index (κ1) is 66.8. The first-order chi connectivity index (χ1) is 55.5. The van der Waals surface area contributed by atoms with Crippen LogP contribution < -0.4 is 0 Å². The molecule has 524 valence electrons. The molecular formula is C100H62N10S2. The van der Waals surface area contributed by atoms with Crippen LogP contribution in [0.4, 0.5) is 0 Å². The smallest absolute Gasteiger partial charge is 0.160 e. The molecule has 0 spiro atoms. The van der Waals surface area contributed by atoms with E-state index in [0.717, 1.165) is 200 Å². The monoisotopic (exact) mass is 1470 g/mol. The van der Waals surface area contributed by atoms with Gasteiger partial charge in [-0.15, -0.1) is 0 Å². The number of nitrogens with zero attached hydrogens (tertiary/aromatic N) is 10. The third-order valence-corrected chi connectivity index (χ3v) is 21.8. The molecule has 0 atom stereocenters. The van der Waals surface area contributed by atoms with Crippen molar-refractivity contribution in [2.45, 2.75) is 0 Å². The fraction of sp³-hybridized carbons (Fsp3) is 0. The van der Waals surface area contributed by atoms with Crippen LogP contribution >= 0.6 is 23.5 Å². The van der Waals surface area contributed by atoms with Crippen LogP contribution in [0.3, 0.4) is 0 Å². The quantitative estimate of drug-likeness (QED) is 0.103. The van der Waals surface area contributed by atoms with E-state index in [-0.39, 0.29) is 0 Å². The Morgan fingerprint density at radius 3 is 0.786 bits per heavy atom. The van der Waals surface area contributed by atoms with E-state index in [1.165, 1.54) is 23.5 Å². The molecule has 6 heterocycles. The lowest BCUT2D eigenvalue weighted by molar-refractivity contribution is 1.18. The summed E-state index contributed by atoms with van der Waals surface area (Å²) >= 11 is 2.49. The lowest BCUT2D eigenvalue weighted by Crippen LogP contribution is -1.96. The highest BCUT2D eigenvalue weighted by Gasteiger charge is 2.21. The van der Waals surface area contributed by atoms with Gasteiger partial charge in [0.05, 0.1) is 68.7 Å². The van der Waals surface area contributed by atoms with Crippen molar-refractivity contribution in [1.82, 2.24) is 47.4 Å². The molecule has 21 aromatic rings. The second kappa shape index (κ2) is 29.2. The number of benzene rings is 15. The minimum Gasteiger partial charge on any atom is -0.247 e. The summed E-state index contributed by atoms with van der Waals surface area (Å²) in [5.41, 5.74) is 30.0. The number of hydrogen-bond acceptors (Lipinski definition) is 12. The average molecular weight is 1470 g/mol. The van der Waals surface area contributed by atoms with Crippen LogP contribution in [0.5, 0.6) is 0 Å². The van der Waals surface area contributed by atoms with Gasteiger partial charge in [-0.1, -0.05) is 297 Å². The minimum atomic E-state index is 0.670. The molecule has 0 bridgehead atoms. The SMILES string of the molecule is c1ccc(-c2cccc(-c3cc(-c4cccc(-c5ccc6c(c5)nc(-c5ccccc5)c5ccc7nsnc7c56)c4)nc(-c4cccc(-c5ccccc5)c4)n3)c2)cc1.c1ccc(-c2cccc(-c3nc(-c4ccccc4)cc(-c4cccc(-c5ccc6c(c5)nc(-c5ccccc5)c5ccc7nsnc7c56)c4)n3)c2)cc1. The van der Waals surface area contributed by atoms with E-state index in [9.17, 15) is 0 Å². The summed E-state index contributed by atoms with van der Waals surface area (Å²) in [4.78, 5) is 31.4. The Morgan fingerprint density at radius 1 is 0.161 bits per heavy atom. The van der Waals surface area contributed by atoms with Crippen molar-refractivity contribution in [1.29, 1.82) is 0 Å². The highest BCUT2D eigenvalue weighted by molar-refractivity contribution is 7.00. The predicted octanol–water partition coefficient (Wildman–Crippen LogP) is 26.0. The van der Waals surface area contributed by atoms with E-state index < -0.39 is 0 Å². The van der Waals surface area contributed by atoms with Crippen LogP contribution in [0.1, 0.15) is 0 Å². The van der Waals surface area contributed by atoms with Gasteiger partial charge in [0.25, 0.3) is 0 Å². The Bertz CT molecular complexity index is 7020. The van der Waals surface area contributed by atoms with Crippen LogP contribution in [0.25, 0.3) is 211 Å². The normalized spacial score (nSPS) is 11.4. The van der Waals surface area contributed by atoms with Crippen LogP contribution in [0, 0.1) is 0 Å². The van der Waals surface area contributed by atoms with Gasteiger partial charge in [0.2, 0.25) is 0 Å². The highest BCUT2D eigenvalue weighted by atomic mass is 32.1. The lowest BCUT2D eigenvalue weighted by atomic mass is 9.95. The fourth-order valence-electron chi connectivity index (χ4n) is 15.2. The van der Waals surface area contributed by atoms with E-state index in [4.69, 9.17) is 38.7 Å². The van der Waals surface area contributed by atoms with E-state index in [2.05, 4.69) is 324 Å². The van der Waals surface area contributed by atoms with E-state index >= 15 is 0 Å².